The standard InChI is InChI=1S/C12H13N3O/c13-7-8-3-1-2-4-11(8)15-12(16)9-5-10(14)6-9/h1-4,9-10H,5-6,14H2,(H,15,16). The Kier molecular flexibility index (Phi) is 2.88. The molecule has 1 fully saturated rings. The predicted molar refractivity (Wildman–Crippen MR) is 60.5 cm³/mol. The molecule has 4 nitrogen and oxygen atoms in total. The molecule has 0 heterocycles. The molecule has 0 saturated heterocycles. The number of anilines is 1. The van der Waals surface area contributed by atoms with E-state index in [9.17, 15) is 4.79 Å². The monoisotopic (exact) mass is 215 g/mol. The third-order valence-electron chi connectivity index (χ3n) is 2.85. The molecule has 1 aromatic rings. The molecule has 0 spiro atoms. The lowest BCUT2D eigenvalue weighted by atomic mass is 9.80. The Morgan fingerprint density at radius 1 is 1.44 bits per heavy atom. The van der Waals surface area contributed by atoms with Crippen LogP contribution in [0.25, 0.3) is 0 Å². The minimum absolute atomic E-state index is 0.00162. The van der Waals surface area contributed by atoms with Gasteiger partial charge in [-0.15, -0.1) is 0 Å². The van der Waals surface area contributed by atoms with Gasteiger partial charge in [0.15, 0.2) is 0 Å². The lowest BCUT2D eigenvalue weighted by molar-refractivity contribution is -0.122. The molecule has 1 aliphatic carbocycles. The molecule has 2 rings (SSSR count). The van der Waals surface area contributed by atoms with Gasteiger partial charge >= 0.3 is 0 Å². The molecule has 1 aromatic carbocycles. The van der Waals surface area contributed by atoms with Crippen molar-refractivity contribution >= 4 is 11.6 Å². The largest absolute Gasteiger partial charge is 0.328 e. The molecule has 0 aromatic heterocycles. The second-order valence-electron chi connectivity index (χ2n) is 4.08. The lowest BCUT2D eigenvalue weighted by Crippen LogP contribution is -2.42. The predicted octanol–water partition coefficient (Wildman–Crippen LogP) is 1.23. The van der Waals surface area contributed by atoms with Crippen molar-refractivity contribution in [3.05, 3.63) is 29.8 Å². The van der Waals surface area contributed by atoms with Gasteiger partial charge in [0.1, 0.15) is 6.07 Å². The van der Waals surface area contributed by atoms with E-state index in [0.717, 1.165) is 12.8 Å². The van der Waals surface area contributed by atoms with Crippen molar-refractivity contribution in [3.63, 3.8) is 0 Å². The van der Waals surface area contributed by atoms with Gasteiger partial charge in [-0.3, -0.25) is 4.79 Å². The number of nitrogens with two attached hydrogens (primary N) is 1. The van der Waals surface area contributed by atoms with Crippen molar-refractivity contribution in [2.24, 2.45) is 11.7 Å². The summed E-state index contributed by atoms with van der Waals surface area (Å²) in [6.07, 6.45) is 1.47. The first kappa shape index (κ1) is 10.7. The Morgan fingerprint density at radius 2 is 2.12 bits per heavy atom. The van der Waals surface area contributed by atoms with Crippen molar-refractivity contribution in [1.82, 2.24) is 0 Å². The summed E-state index contributed by atoms with van der Waals surface area (Å²) in [6.45, 7) is 0. The summed E-state index contributed by atoms with van der Waals surface area (Å²) >= 11 is 0. The number of benzene rings is 1. The molecule has 1 saturated carbocycles. The Hall–Kier alpha value is -1.86. The highest BCUT2D eigenvalue weighted by Gasteiger charge is 2.32. The fraction of sp³-hybridized carbons (Fsp3) is 0.333. The van der Waals surface area contributed by atoms with Crippen molar-refractivity contribution in [2.75, 3.05) is 5.32 Å². The Labute approximate surface area is 94.1 Å². The fourth-order valence-electron chi connectivity index (χ4n) is 1.80. The number of rotatable bonds is 2. The number of nitriles is 1. The molecule has 4 heteroatoms. The molecule has 82 valence electrons. The van der Waals surface area contributed by atoms with Crippen LogP contribution in [0.2, 0.25) is 0 Å². The SMILES string of the molecule is N#Cc1ccccc1NC(=O)C1CC(N)C1. The van der Waals surface area contributed by atoms with Gasteiger partial charge in [0.05, 0.1) is 11.3 Å². The number of carbonyl (C=O) groups is 1. The molecule has 16 heavy (non-hydrogen) atoms. The van der Waals surface area contributed by atoms with E-state index >= 15 is 0 Å². The highest BCUT2D eigenvalue weighted by Crippen LogP contribution is 2.27. The fourth-order valence-corrected chi connectivity index (χ4v) is 1.80. The molecule has 0 aliphatic heterocycles. The van der Waals surface area contributed by atoms with E-state index in [1.165, 1.54) is 0 Å². The Bertz CT molecular complexity index is 444. The van der Waals surface area contributed by atoms with E-state index in [0.29, 0.717) is 11.3 Å². The van der Waals surface area contributed by atoms with E-state index in [4.69, 9.17) is 11.0 Å². The summed E-state index contributed by atoms with van der Waals surface area (Å²) in [6, 6.07) is 9.18. The molecule has 0 unspecified atom stereocenters. The summed E-state index contributed by atoms with van der Waals surface area (Å²) in [5.74, 6) is -0.0360. The van der Waals surface area contributed by atoms with E-state index in [1.807, 2.05) is 6.07 Å². The highest BCUT2D eigenvalue weighted by molar-refractivity contribution is 5.94. The highest BCUT2D eigenvalue weighted by atomic mass is 16.1. The number of hydrogen-bond donors (Lipinski definition) is 2. The second kappa shape index (κ2) is 4.33. The minimum atomic E-state index is -0.0376. The number of amides is 1. The van der Waals surface area contributed by atoms with Crippen molar-refractivity contribution in [2.45, 2.75) is 18.9 Å². The number of para-hydroxylation sites is 1. The molecule has 3 N–H and O–H groups in total. The molecule has 0 atom stereocenters. The first-order valence-corrected chi connectivity index (χ1v) is 5.26. The Morgan fingerprint density at radius 3 is 2.75 bits per heavy atom. The number of carbonyl (C=O) groups excluding carboxylic acids is 1. The minimum Gasteiger partial charge on any atom is -0.328 e. The zero-order valence-corrected chi connectivity index (χ0v) is 8.81. The van der Waals surface area contributed by atoms with Crippen LogP contribution < -0.4 is 11.1 Å². The zero-order valence-electron chi connectivity index (χ0n) is 8.81. The molecular weight excluding hydrogens is 202 g/mol. The maximum absolute atomic E-state index is 11.7. The van der Waals surface area contributed by atoms with Crippen molar-refractivity contribution < 1.29 is 4.79 Å². The van der Waals surface area contributed by atoms with Gasteiger partial charge in [0, 0.05) is 12.0 Å². The van der Waals surface area contributed by atoms with Crippen LogP contribution in [0.15, 0.2) is 24.3 Å². The summed E-state index contributed by atoms with van der Waals surface area (Å²) in [5, 5.41) is 11.6. The van der Waals surface area contributed by atoms with Gasteiger partial charge in [-0.2, -0.15) is 5.26 Å². The molecule has 0 radical (unpaired) electrons. The summed E-state index contributed by atoms with van der Waals surface area (Å²) in [5.41, 5.74) is 6.69. The van der Waals surface area contributed by atoms with Gasteiger partial charge in [0.25, 0.3) is 0 Å². The second-order valence-corrected chi connectivity index (χ2v) is 4.08. The summed E-state index contributed by atoms with van der Waals surface area (Å²) in [7, 11) is 0. The van der Waals surface area contributed by atoms with Crippen LogP contribution in [-0.4, -0.2) is 11.9 Å². The van der Waals surface area contributed by atoms with Crippen molar-refractivity contribution in [1.29, 1.82) is 5.26 Å². The molecule has 1 aliphatic rings. The van der Waals surface area contributed by atoms with Gasteiger partial charge in [-0.05, 0) is 25.0 Å². The average molecular weight is 215 g/mol. The first-order chi connectivity index (χ1) is 7.70. The normalized spacial score (nSPS) is 23.0. The molecule has 1 amide bonds. The smallest absolute Gasteiger partial charge is 0.227 e. The van der Waals surface area contributed by atoms with Crippen LogP contribution in [-0.2, 0) is 4.79 Å². The maximum Gasteiger partial charge on any atom is 0.227 e. The van der Waals surface area contributed by atoms with E-state index in [-0.39, 0.29) is 17.9 Å². The topological polar surface area (TPSA) is 78.9 Å². The summed E-state index contributed by atoms with van der Waals surface area (Å²) in [4.78, 5) is 11.7. The maximum atomic E-state index is 11.7. The third kappa shape index (κ3) is 2.05. The first-order valence-electron chi connectivity index (χ1n) is 5.26. The van der Waals surface area contributed by atoms with Crippen molar-refractivity contribution in [3.8, 4) is 6.07 Å². The van der Waals surface area contributed by atoms with Crippen LogP contribution in [0.4, 0.5) is 5.69 Å². The van der Waals surface area contributed by atoms with E-state index < -0.39 is 0 Å². The Balaban J connectivity index is 2.04. The third-order valence-corrected chi connectivity index (χ3v) is 2.85. The van der Waals surface area contributed by atoms with Gasteiger partial charge in [-0.1, -0.05) is 12.1 Å². The van der Waals surface area contributed by atoms with Crippen LogP contribution in [0, 0.1) is 17.2 Å². The van der Waals surface area contributed by atoms with E-state index in [2.05, 4.69) is 5.32 Å². The number of hydrogen-bond acceptors (Lipinski definition) is 3. The lowest BCUT2D eigenvalue weighted by Gasteiger charge is -2.31. The van der Waals surface area contributed by atoms with Crippen LogP contribution in [0.5, 0.6) is 0 Å². The quantitative estimate of drug-likeness (QED) is 0.778. The van der Waals surface area contributed by atoms with Crippen LogP contribution >= 0.6 is 0 Å². The summed E-state index contributed by atoms with van der Waals surface area (Å²) < 4.78 is 0. The molecular formula is C12H13N3O. The van der Waals surface area contributed by atoms with Gasteiger partial charge in [-0.25, -0.2) is 0 Å². The zero-order chi connectivity index (χ0) is 11.5. The van der Waals surface area contributed by atoms with E-state index in [1.54, 1.807) is 24.3 Å². The van der Waals surface area contributed by atoms with Crippen LogP contribution in [0.3, 0.4) is 0 Å². The van der Waals surface area contributed by atoms with Gasteiger partial charge < -0.3 is 11.1 Å². The molecule has 0 bridgehead atoms. The number of nitrogens with zero attached hydrogens (tertiary/aromatic N) is 1. The average Bonchev–Trinajstić information content (AvgIpc) is 2.25. The number of nitrogens with one attached hydrogen (secondary N) is 1. The van der Waals surface area contributed by atoms with Gasteiger partial charge in [0.2, 0.25) is 5.91 Å². The van der Waals surface area contributed by atoms with Crippen LogP contribution in [0.1, 0.15) is 18.4 Å².